The first-order chi connectivity index (χ1) is 12.5. The van der Waals surface area contributed by atoms with Crippen LogP contribution in [-0.4, -0.2) is 36.9 Å². The number of aromatic nitrogens is 1. The molecular weight excluding hydrogens is 352 g/mol. The summed E-state index contributed by atoms with van der Waals surface area (Å²) in [5, 5.41) is 6.61. The maximum Gasteiger partial charge on any atom is 0.260 e. The van der Waals surface area contributed by atoms with Crippen molar-refractivity contribution in [2.24, 2.45) is 0 Å². The zero-order valence-electron chi connectivity index (χ0n) is 15.1. The standard InChI is InChI=1S/C18H22N4O3S/c1-11-16(18(19-2)26-21-11)17(24)20-12-7-8-14(25-3)13(10-12)22-9-5-4-6-15(22)23/h7-8,10,19H,4-6,9H2,1-3H3,(H,20,24). The fourth-order valence-corrected chi connectivity index (χ4v) is 3.78. The van der Waals surface area contributed by atoms with Crippen LogP contribution in [0.3, 0.4) is 0 Å². The number of piperidine rings is 1. The molecule has 8 heteroatoms. The van der Waals surface area contributed by atoms with Gasteiger partial charge in [0.15, 0.2) is 0 Å². The van der Waals surface area contributed by atoms with Gasteiger partial charge < -0.3 is 20.3 Å². The Labute approximate surface area is 156 Å². The van der Waals surface area contributed by atoms with Gasteiger partial charge in [0, 0.05) is 25.7 Å². The molecule has 0 spiro atoms. The zero-order chi connectivity index (χ0) is 18.7. The van der Waals surface area contributed by atoms with Gasteiger partial charge in [0.25, 0.3) is 5.91 Å². The highest BCUT2D eigenvalue weighted by molar-refractivity contribution is 7.10. The molecule has 3 rings (SSSR count). The van der Waals surface area contributed by atoms with Crippen molar-refractivity contribution in [3.05, 3.63) is 29.5 Å². The molecule has 0 aliphatic carbocycles. The molecule has 1 aromatic carbocycles. The molecule has 0 radical (unpaired) electrons. The highest BCUT2D eigenvalue weighted by Crippen LogP contribution is 2.34. The lowest BCUT2D eigenvalue weighted by Gasteiger charge is -2.28. The van der Waals surface area contributed by atoms with Crippen LogP contribution in [0.1, 0.15) is 35.3 Å². The third-order valence-electron chi connectivity index (χ3n) is 4.37. The quantitative estimate of drug-likeness (QED) is 0.839. The zero-order valence-corrected chi connectivity index (χ0v) is 15.9. The lowest BCUT2D eigenvalue weighted by molar-refractivity contribution is -0.119. The van der Waals surface area contributed by atoms with Crippen LogP contribution in [0.25, 0.3) is 0 Å². The summed E-state index contributed by atoms with van der Waals surface area (Å²) in [6, 6.07) is 5.32. The number of carbonyl (C=O) groups is 2. The second-order valence-electron chi connectivity index (χ2n) is 6.07. The predicted molar refractivity (Wildman–Crippen MR) is 104 cm³/mol. The number of benzene rings is 1. The molecule has 2 aromatic rings. The first kappa shape index (κ1) is 18.2. The maximum atomic E-state index is 12.7. The SMILES string of the molecule is CNc1snc(C)c1C(=O)Nc1ccc(OC)c(N2CCCCC2=O)c1. The molecule has 0 unspecified atom stereocenters. The average Bonchev–Trinajstić information content (AvgIpc) is 3.03. The number of rotatable bonds is 5. The fourth-order valence-electron chi connectivity index (χ4n) is 3.04. The summed E-state index contributed by atoms with van der Waals surface area (Å²) >= 11 is 1.25. The van der Waals surface area contributed by atoms with Crippen LogP contribution >= 0.6 is 11.5 Å². The minimum atomic E-state index is -0.235. The summed E-state index contributed by atoms with van der Waals surface area (Å²) in [5.41, 5.74) is 2.50. The Morgan fingerprint density at radius 3 is 2.85 bits per heavy atom. The van der Waals surface area contributed by atoms with E-state index in [-0.39, 0.29) is 11.8 Å². The number of aryl methyl sites for hydroxylation is 1. The Morgan fingerprint density at radius 1 is 1.35 bits per heavy atom. The van der Waals surface area contributed by atoms with Gasteiger partial charge in [-0.1, -0.05) is 0 Å². The third-order valence-corrected chi connectivity index (χ3v) is 5.32. The molecule has 0 saturated carbocycles. The van der Waals surface area contributed by atoms with Gasteiger partial charge in [-0.25, -0.2) is 0 Å². The van der Waals surface area contributed by atoms with Gasteiger partial charge in [-0.15, -0.1) is 0 Å². The second-order valence-corrected chi connectivity index (χ2v) is 6.84. The third kappa shape index (κ3) is 3.50. The number of ether oxygens (including phenoxy) is 1. The smallest absolute Gasteiger partial charge is 0.260 e. The van der Waals surface area contributed by atoms with E-state index in [1.807, 2.05) is 0 Å². The normalized spacial score (nSPS) is 14.3. The van der Waals surface area contributed by atoms with Gasteiger partial charge in [-0.2, -0.15) is 4.37 Å². The lowest BCUT2D eigenvalue weighted by atomic mass is 10.1. The van der Waals surface area contributed by atoms with Crippen molar-refractivity contribution in [1.82, 2.24) is 4.37 Å². The molecule has 2 amide bonds. The van der Waals surface area contributed by atoms with Gasteiger partial charge >= 0.3 is 0 Å². The van der Waals surface area contributed by atoms with Gasteiger partial charge in [0.05, 0.1) is 24.1 Å². The van der Waals surface area contributed by atoms with Crippen molar-refractivity contribution >= 4 is 39.7 Å². The van der Waals surface area contributed by atoms with Crippen molar-refractivity contribution in [3.8, 4) is 5.75 Å². The van der Waals surface area contributed by atoms with Gasteiger partial charge in [0.1, 0.15) is 10.8 Å². The van der Waals surface area contributed by atoms with Crippen molar-refractivity contribution in [1.29, 1.82) is 0 Å². The Hall–Kier alpha value is -2.61. The number of hydrogen-bond acceptors (Lipinski definition) is 6. The minimum Gasteiger partial charge on any atom is -0.495 e. The first-order valence-electron chi connectivity index (χ1n) is 8.49. The molecule has 2 heterocycles. The molecular formula is C18H22N4O3S. The molecule has 1 saturated heterocycles. The lowest BCUT2D eigenvalue weighted by Crippen LogP contribution is -2.35. The Balaban J connectivity index is 1.89. The van der Waals surface area contributed by atoms with Crippen LogP contribution < -0.4 is 20.3 Å². The first-order valence-corrected chi connectivity index (χ1v) is 9.26. The summed E-state index contributed by atoms with van der Waals surface area (Å²) in [6.45, 7) is 2.46. The minimum absolute atomic E-state index is 0.0772. The Kier molecular flexibility index (Phi) is 5.41. The number of amides is 2. The van der Waals surface area contributed by atoms with Crippen LogP contribution in [0, 0.1) is 6.92 Å². The number of nitrogens with one attached hydrogen (secondary N) is 2. The van der Waals surface area contributed by atoms with Crippen LogP contribution in [0.2, 0.25) is 0 Å². The summed E-state index contributed by atoms with van der Waals surface area (Å²) in [4.78, 5) is 26.7. The number of nitrogens with zero attached hydrogens (tertiary/aromatic N) is 2. The molecule has 138 valence electrons. The van der Waals surface area contributed by atoms with Crippen molar-refractivity contribution in [2.45, 2.75) is 26.2 Å². The molecule has 1 aliphatic rings. The van der Waals surface area contributed by atoms with E-state index < -0.39 is 0 Å². The highest BCUT2D eigenvalue weighted by atomic mass is 32.1. The van der Waals surface area contributed by atoms with Crippen molar-refractivity contribution < 1.29 is 14.3 Å². The summed E-state index contributed by atoms with van der Waals surface area (Å²) in [5.74, 6) is 0.456. The van der Waals surface area contributed by atoms with Crippen molar-refractivity contribution in [3.63, 3.8) is 0 Å². The van der Waals surface area contributed by atoms with Gasteiger partial charge in [0.2, 0.25) is 5.91 Å². The van der Waals surface area contributed by atoms with E-state index in [1.165, 1.54) is 11.5 Å². The highest BCUT2D eigenvalue weighted by Gasteiger charge is 2.24. The van der Waals surface area contributed by atoms with Crippen LogP contribution in [-0.2, 0) is 4.79 Å². The fraction of sp³-hybridized carbons (Fsp3) is 0.389. The molecule has 1 aromatic heterocycles. The van der Waals surface area contributed by atoms with Crippen LogP contribution in [0.15, 0.2) is 18.2 Å². The predicted octanol–water partition coefficient (Wildman–Crippen LogP) is 3.27. The van der Waals surface area contributed by atoms with Crippen LogP contribution in [0.4, 0.5) is 16.4 Å². The van der Waals surface area contributed by atoms with E-state index in [1.54, 1.807) is 44.2 Å². The van der Waals surface area contributed by atoms with E-state index >= 15 is 0 Å². The Morgan fingerprint density at radius 2 is 2.15 bits per heavy atom. The summed E-state index contributed by atoms with van der Waals surface area (Å²) < 4.78 is 9.63. The van der Waals surface area contributed by atoms with Gasteiger partial charge in [-0.3, -0.25) is 9.59 Å². The van der Waals surface area contributed by atoms with E-state index in [4.69, 9.17) is 4.74 Å². The number of carbonyl (C=O) groups excluding carboxylic acids is 2. The van der Waals surface area contributed by atoms with Crippen molar-refractivity contribution in [2.75, 3.05) is 36.2 Å². The molecule has 0 bridgehead atoms. The number of anilines is 3. The average molecular weight is 374 g/mol. The van der Waals surface area contributed by atoms with E-state index in [0.29, 0.717) is 41.3 Å². The number of hydrogen-bond donors (Lipinski definition) is 2. The molecule has 1 aliphatic heterocycles. The largest absolute Gasteiger partial charge is 0.495 e. The van der Waals surface area contributed by atoms with Crippen LogP contribution in [0.5, 0.6) is 5.75 Å². The van der Waals surface area contributed by atoms with E-state index in [2.05, 4.69) is 15.0 Å². The summed E-state index contributed by atoms with van der Waals surface area (Å²) in [6.07, 6.45) is 2.40. The topological polar surface area (TPSA) is 83.6 Å². The second kappa shape index (κ2) is 7.74. The van der Waals surface area contributed by atoms with E-state index in [9.17, 15) is 9.59 Å². The molecule has 7 nitrogen and oxygen atoms in total. The number of methoxy groups -OCH3 is 1. The Bertz CT molecular complexity index is 834. The van der Waals surface area contributed by atoms with Gasteiger partial charge in [-0.05, 0) is 49.5 Å². The monoisotopic (exact) mass is 374 g/mol. The summed E-state index contributed by atoms with van der Waals surface area (Å²) in [7, 11) is 3.34. The molecule has 26 heavy (non-hydrogen) atoms. The molecule has 0 atom stereocenters. The maximum absolute atomic E-state index is 12.7. The molecule has 1 fully saturated rings. The molecule has 2 N–H and O–H groups in total. The van der Waals surface area contributed by atoms with E-state index in [0.717, 1.165) is 17.8 Å².